The van der Waals surface area contributed by atoms with Crippen LogP contribution in [0.5, 0.6) is 0 Å². The van der Waals surface area contributed by atoms with Gasteiger partial charge >= 0.3 is 0 Å². The Morgan fingerprint density at radius 2 is 2.15 bits per heavy atom. The molecule has 1 unspecified atom stereocenters. The van der Waals surface area contributed by atoms with Crippen LogP contribution in [0.15, 0.2) is 65.6 Å². The summed E-state index contributed by atoms with van der Waals surface area (Å²) in [6.45, 7) is 6.47. The number of nitrogens with one attached hydrogen (secondary N) is 1. The number of halogens is 2. The summed E-state index contributed by atoms with van der Waals surface area (Å²) in [5, 5.41) is 22.7. The van der Waals surface area contributed by atoms with E-state index >= 15 is 4.39 Å². The van der Waals surface area contributed by atoms with Crippen LogP contribution in [0.2, 0.25) is 5.02 Å². The van der Waals surface area contributed by atoms with Crippen LogP contribution < -0.4 is 10.2 Å². The number of anilines is 2. The first-order valence-corrected chi connectivity index (χ1v) is 13.4. The summed E-state index contributed by atoms with van der Waals surface area (Å²) in [5.41, 5.74) is 1.13. The number of carbonyl (C=O) groups is 2. The number of aliphatic imine (C=N–C) groups is 1. The molecular formula is C30H32ClFN6O3. The van der Waals surface area contributed by atoms with E-state index in [4.69, 9.17) is 11.6 Å². The summed E-state index contributed by atoms with van der Waals surface area (Å²) < 4.78 is 15.0. The van der Waals surface area contributed by atoms with E-state index in [0.29, 0.717) is 61.4 Å². The maximum Gasteiger partial charge on any atom is 0.219 e. The second-order valence-electron chi connectivity index (χ2n) is 9.23. The molecule has 3 rings (SSSR count). The minimum atomic E-state index is -0.671. The zero-order chi connectivity index (χ0) is 29.9. The van der Waals surface area contributed by atoms with Gasteiger partial charge in [0.05, 0.1) is 40.0 Å². The molecule has 1 atom stereocenters. The molecule has 1 aromatic carbocycles. The zero-order valence-corrected chi connectivity index (χ0v) is 23.7. The molecule has 1 aromatic heterocycles. The van der Waals surface area contributed by atoms with Crippen LogP contribution >= 0.6 is 11.6 Å². The lowest BCUT2D eigenvalue weighted by atomic mass is 9.99. The van der Waals surface area contributed by atoms with Crippen molar-refractivity contribution < 1.29 is 19.1 Å². The van der Waals surface area contributed by atoms with Gasteiger partial charge in [0.2, 0.25) is 12.8 Å². The lowest BCUT2D eigenvalue weighted by Gasteiger charge is -2.34. The van der Waals surface area contributed by atoms with Gasteiger partial charge in [-0.1, -0.05) is 35.9 Å². The fraction of sp³-hybridized carbons (Fsp3) is 0.300. The summed E-state index contributed by atoms with van der Waals surface area (Å²) in [4.78, 5) is 36.2. The summed E-state index contributed by atoms with van der Waals surface area (Å²) in [6, 6.07) is 10.3. The molecule has 11 heteroatoms. The Hall–Kier alpha value is -4.49. The molecule has 41 heavy (non-hydrogen) atoms. The van der Waals surface area contributed by atoms with Crippen LogP contribution in [0.3, 0.4) is 0 Å². The highest BCUT2D eigenvalue weighted by atomic mass is 35.5. The van der Waals surface area contributed by atoms with E-state index in [1.165, 1.54) is 17.0 Å². The number of pyridine rings is 1. The minimum Gasteiger partial charge on any atom is -0.511 e. The van der Waals surface area contributed by atoms with E-state index < -0.39 is 5.83 Å². The third kappa shape index (κ3) is 6.99. The number of aromatic nitrogens is 1. The second kappa shape index (κ2) is 14.8. The first-order chi connectivity index (χ1) is 19.8. The Bertz CT molecular complexity index is 1430. The molecule has 0 saturated heterocycles. The molecule has 1 heterocycles. The molecule has 0 fully saturated rings. The number of rotatable bonds is 13. The van der Waals surface area contributed by atoms with Gasteiger partial charge in [-0.05, 0) is 43.5 Å². The van der Waals surface area contributed by atoms with Crippen molar-refractivity contribution in [1.29, 1.82) is 5.26 Å². The SMILES string of the molecule is C=CCCN(C(=NC)c1cc(Cl)c(C2=C(O)CCC=C2F)nc1N(C=O)c1ccccc1CC#N)C(C)CNC=O. The Kier molecular flexibility index (Phi) is 11.2. The minimum absolute atomic E-state index is 0.0220. The summed E-state index contributed by atoms with van der Waals surface area (Å²) in [7, 11) is 1.58. The number of allylic oxidation sites excluding steroid dienone is 4. The summed E-state index contributed by atoms with van der Waals surface area (Å²) >= 11 is 6.71. The van der Waals surface area contributed by atoms with E-state index in [1.807, 2.05) is 11.8 Å². The van der Waals surface area contributed by atoms with Gasteiger partial charge in [0, 0.05) is 32.6 Å². The molecule has 2 amide bonds. The lowest BCUT2D eigenvalue weighted by Crippen LogP contribution is -2.45. The number of carbonyl (C=O) groups excluding carboxylic acids is 2. The van der Waals surface area contributed by atoms with Crippen molar-refractivity contribution in [3.63, 3.8) is 0 Å². The number of amidine groups is 1. The average molecular weight is 579 g/mol. The fourth-order valence-electron chi connectivity index (χ4n) is 4.65. The molecule has 2 N–H and O–H groups in total. The Balaban J connectivity index is 2.35. The van der Waals surface area contributed by atoms with Crippen molar-refractivity contribution in [3.8, 4) is 6.07 Å². The smallest absolute Gasteiger partial charge is 0.219 e. The van der Waals surface area contributed by atoms with E-state index in [-0.39, 0.29) is 46.8 Å². The van der Waals surface area contributed by atoms with Crippen LogP contribution in [-0.4, -0.2) is 59.8 Å². The normalized spacial score (nSPS) is 14.0. The quantitative estimate of drug-likeness (QED) is 0.142. The van der Waals surface area contributed by atoms with Crippen molar-refractivity contribution in [1.82, 2.24) is 15.2 Å². The molecule has 0 aliphatic heterocycles. The standard InChI is InChI=1S/C30H32ClFN6O3/c1-4-5-15-37(20(2)17-35-18-39)29(34-3)22-16-23(31)28(27-24(32)10-8-12-26(27)41)36-30(22)38(19-40)25-11-7-6-9-21(25)13-14-33/h4,6-7,9-11,16,18-20,41H,1,5,8,12-13,15,17H2,2-3H3,(H,35,39). The monoisotopic (exact) mass is 578 g/mol. The van der Waals surface area contributed by atoms with Gasteiger partial charge < -0.3 is 15.3 Å². The summed E-state index contributed by atoms with van der Waals surface area (Å²) in [5.74, 6) is -0.394. The molecule has 2 aromatic rings. The second-order valence-corrected chi connectivity index (χ2v) is 9.64. The van der Waals surface area contributed by atoms with Crippen molar-refractivity contribution >= 4 is 47.3 Å². The molecule has 214 valence electrons. The molecule has 1 aliphatic rings. The number of hydrogen-bond acceptors (Lipinski definition) is 6. The number of hydrogen-bond donors (Lipinski definition) is 2. The predicted octanol–water partition coefficient (Wildman–Crippen LogP) is 5.40. The number of nitrogens with zero attached hydrogens (tertiary/aromatic N) is 5. The van der Waals surface area contributed by atoms with Crippen LogP contribution in [0.1, 0.15) is 43.0 Å². The van der Waals surface area contributed by atoms with Gasteiger partial charge in [0.1, 0.15) is 17.4 Å². The van der Waals surface area contributed by atoms with Gasteiger partial charge in [-0.2, -0.15) is 5.26 Å². The van der Waals surface area contributed by atoms with E-state index in [2.05, 4.69) is 27.9 Å². The van der Waals surface area contributed by atoms with Crippen molar-refractivity contribution in [2.24, 2.45) is 4.99 Å². The van der Waals surface area contributed by atoms with Gasteiger partial charge in [-0.25, -0.2) is 9.37 Å². The summed E-state index contributed by atoms with van der Waals surface area (Å²) in [6.07, 6.45) is 5.39. The van der Waals surface area contributed by atoms with Gasteiger partial charge in [0.15, 0.2) is 5.82 Å². The van der Waals surface area contributed by atoms with Crippen LogP contribution in [0, 0.1) is 11.3 Å². The van der Waals surface area contributed by atoms with Crippen molar-refractivity contribution in [2.45, 2.75) is 38.6 Å². The fourth-order valence-corrected chi connectivity index (χ4v) is 4.90. The zero-order valence-electron chi connectivity index (χ0n) is 23.0. The first kappa shape index (κ1) is 31.0. The maximum atomic E-state index is 15.0. The van der Waals surface area contributed by atoms with E-state index in [0.717, 1.165) is 0 Å². The Morgan fingerprint density at radius 3 is 2.78 bits per heavy atom. The van der Waals surface area contributed by atoms with Gasteiger partial charge in [-0.15, -0.1) is 6.58 Å². The number of aliphatic hydroxyl groups excluding tert-OH is 1. The molecule has 0 spiro atoms. The third-order valence-corrected chi connectivity index (χ3v) is 6.89. The molecular weight excluding hydrogens is 547 g/mol. The highest BCUT2D eigenvalue weighted by molar-refractivity contribution is 6.33. The molecule has 0 bridgehead atoms. The van der Waals surface area contributed by atoms with Gasteiger partial charge in [0.25, 0.3) is 0 Å². The number of para-hydroxylation sites is 1. The molecule has 9 nitrogen and oxygen atoms in total. The first-order valence-electron chi connectivity index (χ1n) is 13.0. The highest BCUT2D eigenvalue weighted by Gasteiger charge is 2.30. The van der Waals surface area contributed by atoms with Gasteiger partial charge in [-0.3, -0.25) is 19.5 Å². The van der Waals surface area contributed by atoms with Crippen molar-refractivity contribution in [2.75, 3.05) is 25.0 Å². The number of amides is 2. The number of aliphatic hydroxyl groups is 1. The topological polar surface area (TPSA) is 122 Å². The number of benzene rings is 1. The predicted molar refractivity (Wildman–Crippen MR) is 159 cm³/mol. The average Bonchev–Trinajstić information content (AvgIpc) is 2.96. The number of nitriles is 1. The van der Waals surface area contributed by atoms with Crippen LogP contribution in [-0.2, 0) is 16.0 Å². The Labute approximate surface area is 244 Å². The Morgan fingerprint density at radius 1 is 1.39 bits per heavy atom. The largest absolute Gasteiger partial charge is 0.511 e. The molecule has 0 saturated carbocycles. The lowest BCUT2D eigenvalue weighted by molar-refractivity contribution is -0.109. The van der Waals surface area contributed by atoms with E-state index in [9.17, 15) is 20.0 Å². The van der Waals surface area contributed by atoms with Crippen LogP contribution in [0.4, 0.5) is 15.9 Å². The van der Waals surface area contributed by atoms with Crippen molar-refractivity contribution in [3.05, 3.63) is 82.5 Å². The third-order valence-electron chi connectivity index (χ3n) is 6.61. The van der Waals surface area contributed by atoms with Crippen LogP contribution in [0.25, 0.3) is 5.57 Å². The maximum absolute atomic E-state index is 15.0. The highest BCUT2D eigenvalue weighted by Crippen LogP contribution is 2.39. The molecule has 1 aliphatic carbocycles. The van der Waals surface area contributed by atoms with E-state index in [1.54, 1.807) is 37.4 Å². The molecule has 0 radical (unpaired) electrons.